The molecule has 0 radical (unpaired) electrons. The third-order valence-corrected chi connectivity index (χ3v) is 7.55. The fourth-order valence-electron chi connectivity index (χ4n) is 3.50. The van der Waals surface area contributed by atoms with Crippen LogP contribution in [0.25, 0.3) is 0 Å². The van der Waals surface area contributed by atoms with Gasteiger partial charge in [0.15, 0.2) is 10.7 Å². The summed E-state index contributed by atoms with van der Waals surface area (Å²) in [7, 11) is -4.09. The van der Waals surface area contributed by atoms with Crippen LogP contribution in [0.1, 0.15) is 47.9 Å². The Bertz CT molecular complexity index is 1210. The van der Waals surface area contributed by atoms with E-state index in [1.807, 2.05) is 38.1 Å². The van der Waals surface area contributed by atoms with E-state index < -0.39 is 15.9 Å². The van der Waals surface area contributed by atoms with Crippen LogP contribution >= 0.6 is 0 Å². The topological polar surface area (TPSA) is 92.5 Å². The normalized spacial score (nSPS) is 11.6. The summed E-state index contributed by atoms with van der Waals surface area (Å²) in [6.07, 6.45) is 0. The molecule has 1 amide bonds. The largest absolute Gasteiger partial charge is 0.360 e. The monoisotopic (exact) mass is 455 g/mol. The number of sulfonamides is 1. The van der Waals surface area contributed by atoms with Gasteiger partial charge in [-0.1, -0.05) is 43.3 Å². The minimum atomic E-state index is -4.09. The zero-order valence-electron chi connectivity index (χ0n) is 19.3. The predicted molar refractivity (Wildman–Crippen MR) is 126 cm³/mol. The average Bonchev–Trinajstić information content (AvgIpc) is 3.08. The zero-order chi connectivity index (χ0) is 23.6. The molecule has 0 saturated heterocycles. The summed E-state index contributed by atoms with van der Waals surface area (Å²) < 4.78 is 33.4. The van der Waals surface area contributed by atoms with E-state index in [1.165, 1.54) is 0 Å². The summed E-state index contributed by atoms with van der Waals surface area (Å²) in [6.45, 7) is 10.7. The number of hydrogen-bond donors (Lipinski definition) is 1. The van der Waals surface area contributed by atoms with Gasteiger partial charge in [-0.3, -0.25) is 9.10 Å². The van der Waals surface area contributed by atoms with Gasteiger partial charge in [-0.15, -0.1) is 0 Å². The van der Waals surface area contributed by atoms with Gasteiger partial charge in [0.1, 0.15) is 12.2 Å². The van der Waals surface area contributed by atoms with Crippen LogP contribution in [0.5, 0.6) is 0 Å². The number of nitrogens with one attached hydrogen (secondary N) is 1. The first-order chi connectivity index (χ1) is 15.0. The van der Waals surface area contributed by atoms with E-state index in [2.05, 4.69) is 24.3 Å². The first kappa shape index (κ1) is 23.5. The van der Waals surface area contributed by atoms with Gasteiger partial charge in [0, 0.05) is 5.69 Å². The van der Waals surface area contributed by atoms with E-state index in [0.29, 0.717) is 17.3 Å². The molecule has 0 saturated carbocycles. The van der Waals surface area contributed by atoms with Crippen LogP contribution in [0.15, 0.2) is 51.9 Å². The summed E-state index contributed by atoms with van der Waals surface area (Å²) in [4.78, 5) is 12.9. The zero-order valence-corrected chi connectivity index (χ0v) is 20.1. The van der Waals surface area contributed by atoms with Gasteiger partial charge in [-0.2, -0.15) is 0 Å². The molecule has 0 spiro atoms. The highest BCUT2D eigenvalue weighted by Crippen LogP contribution is 2.29. The van der Waals surface area contributed by atoms with Crippen molar-refractivity contribution >= 4 is 27.3 Å². The van der Waals surface area contributed by atoms with E-state index in [4.69, 9.17) is 4.52 Å². The molecule has 1 N–H and O–H groups in total. The van der Waals surface area contributed by atoms with Gasteiger partial charge in [0.05, 0.1) is 5.69 Å². The highest BCUT2D eigenvalue weighted by atomic mass is 32.2. The molecule has 170 valence electrons. The molecule has 0 unspecified atom stereocenters. The first-order valence-corrected chi connectivity index (χ1v) is 11.9. The summed E-state index contributed by atoms with van der Waals surface area (Å²) in [5.74, 6) is 0.0347. The maximum absolute atomic E-state index is 13.6. The second-order valence-corrected chi connectivity index (χ2v) is 10.0. The smallest absolute Gasteiger partial charge is 0.270 e. The highest BCUT2D eigenvalue weighted by Gasteiger charge is 2.33. The molecule has 7 nitrogen and oxygen atoms in total. The third kappa shape index (κ3) is 4.70. The summed E-state index contributed by atoms with van der Waals surface area (Å²) in [6, 6.07) is 12.8. The molecule has 0 aliphatic rings. The lowest BCUT2D eigenvalue weighted by atomic mass is 10.0. The molecule has 0 atom stereocenters. The lowest BCUT2D eigenvalue weighted by molar-refractivity contribution is -0.114. The Kier molecular flexibility index (Phi) is 6.74. The van der Waals surface area contributed by atoms with Crippen LogP contribution in [0, 0.1) is 27.7 Å². The van der Waals surface area contributed by atoms with Crippen molar-refractivity contribution < 1.29 is 17.7 Å². The van der Waals surface area contributed by atoms with Gasteiger partial charge in [0.2, 0.25) is 5.91 Å². The maximum atomic E-state index is 13.6. The van der Waals surface area contributed by atoms with Crippen molar-refractivity contribution in [1.82, 2.24) is 5.16 Å². The van der Waals surface area contributed by atoms with Gasteiger partial charge in [-0.25, -0.2) is 8.42 Å². The van der Waals surface area contributed by atoms with Crippen molar-refractivity contribution in [2.75, 3.05) is 16.2 Å². The Morgan fingerprint density at radius 2 is 1.72 bits per heavy atom. The molecule has 3 aromatic rings. The number of aromatic nitrogens is 1. The summed E-state index contributed by atoms with van der Waals surface area (Å²) in [5.41, 5.74) is 4.34. The molecule has 3 rings (SSSR count). The Labute approximate surface area is 189 Å². The van der Waals surface area contributed by atoms with E-state index in [1.54, 1.807) is 32.0 Å². The quantitative estimate of drug-likeness (QED) is 0.549. The number of benzene rings is 2. The molecule has 0 fully saturated rings. The number of rotatable bonds is 7. The number of nitrogens with zero attached hydrogens (tertiary/aromatic N) is 2. The number of carbonyl (C=O) groups excluding carboxylic acids is 1. The van der Waals surface area contributed by atoms with E-state index in [9.17, 15) is 13.2 Å². The van der Waals surface area contributed by atoms with Gasteiger partial charge >= 0.3 is 0 Å². The summed E-state index contributed by atoms with van der Waals surface area (Å²) in [5, 5.41) is 6.63. The van der Waals surface area contributed by atoms with Crippen LogP contribution in [-0.2, 0) is 14.8 Å². The Balaban J connectivity index is 2.00. The van der Waals surface area contributed by atoms with Crippen molar-refractivity contribution in [2.24, 2.45) is 0 Å². The van der Waals surface area contributed by atoms with Crippen LogP contribution < -0.4 is 9.62 Å². The van der Waals surface area contributed by atoms with E-state index in [0.717, 1.165) is 21.0 Å². The lowest BCUT2D eigenvalue weighted by Gasteiger charge is -2.24. The molecular weight excluding hydrogens is 426 g/mol. The van der Waals surface area contributed by atoms with Crippen molar-refractivity contribution in [3.8, 4) is 0 Å². The van der Waals surface area contributed by atoms with Crippen LogP contribution in [0.2, 0.25) is 0 Å². The fourth-order valence-corrected chi connectivity index (χ4v) is 5.22. The van der Waals surface area contributed by atoms with Crippen molar-refractivity contribution in [2.45, 2.75) is 52.4 Å². The standard InChI is InChI=1S/C24H29N3O4S/c1-15(2)20-10-12-21(13-11-20)27(32(29,30)24-18(5)26-31-19(24)6)14-23(28)25-22-9-7-8-16(3)17(22)4/h7-13,15H,14H2,1-6H3,(H,25,28). The number of anilines is 2. The molecule has 32 heavy (non-hydrogen) atoms. The van der Waals surface area contributed by atoms with Gasteiger partial charge in [-0.05, 0) is 68.5 Å². The lowest BCUT2D eigenvalue weighted by Crippen LogP contribution is -2.38. The minimum Gasteiger partial charge on any atom is -0.360 e. The Morgan fingerprint density at radius 1 is 1.06 bits per heavy atom. The molecule has 2 aromatic carbocycles. The van der Waals surface area contributed by atoms with E-state index >= 15 is 0 Å². The fraction of sp³-hybridized carbons (Fsp3) is 0.333. The van der Waals surface area contributed by atoms with Crippen LogP contribution in [-0.4, -0.2) is 26.0 Å². The molecule has 0 aliphatic heterocycles. The Morgan fingerprint density at radius 3 is 2.28 bits per heavy atom. The van der Waals surface area contributed by atoms with Gasteiger partial charge < -0.3 is 9.84 Å². The molecule has 1 aromatic heterocycles. The molecule has 0 bridgehead atoms. The van der Waals surface area contributed by atoms with Gasteiger partial charge in [0.25, 0.3) is 10.0 Å². The number of aryl methyl sites for hydroxylation is 3. The maximum Gasteiger partial charge on any atom is 0.270 e. The third-order valence-electron chi connectivity index (χ3n) is 5.53. The molecule has 1 heterocycles. The van der Waals surface area contributed by atoms with E-state index in [-0.39, 0.29) is 22.9 Å². The summed E-state index contributed by atoms with van der Waals surface area (Å²) >= 11 is 0. The molecular formula is C24H29N3O4S. The highest BCUT2D eigenvalue weighted by molar-refractivity contribution is 7.93. The number of hydrogen-bond acceptors (Lipinski definition) is 5. The number of amides is 1. The second-order valence-electron chi connectivity index (χ2n) is 8.21. The first-order valence-electron chi connectivity index (χ1n) is 10.4. The van der Waals surface area contributed by atoms with Crippen molar-refractivity contribution in [3.05, 3.63) is 70.6 Å². The predicted octanol–water partition coefficient (Wildman–Crippen LogP) is 4.87. The molecule has 0 aliphatic carbocycles. The second kappa shape index (κ2) is 9.16. The van der Waals surface area contributed by atoms with Crippen molar-refractivity contribution in [1.29, 1.82) is 0 Å². The number of carbonyl (C=O) groups is 1. The molecule has 8 heteroatoms. The minimum absolute atomic E-state index is 0.0232. The average molecular weight is 456 g/mol. The SMILES string of the molecule is Cc1cccc(NC(=O)CN(c2ccc(C(C)C)cc2)S(=O)(=O)c2c(C)noc2C)c1C. The van der Waals surface area contributed by atoms with Crippen LogP contribution in [0.3, 0.4) is 0 Å². The Hall–Kier alpha value is -3.13. The van der Waals surface area contributed by atoms with Crippen molar-refractivity contribution in [3.63, 3.8) is 0 Å². The van der Waals surface area contributed by atoms with Crippen LogP contribution in [0.4, 0.5) is 11.4 Å².